The van der Waals surface area contributed by atoms with Crippen molar-refractivity contribution in [3.63, 3.8) is 0 Å². The molecule has 0 aliphatic carbocycles. The van der Waals surface area contributed by atoms with E-state index in [2.05, 4.69) is 20.9 Å². The zero-order chi connectivity index (χ0) is 13.3. The van der Waals surface area contributed by atoms with Gasteiger partial charge in [-0.3, -0.25) is 10.1 Å². The minimum absolute atomic E-state index is 0.0772. The van der Waals surface area contributed by atoms with Gasteiger partial charge in [-0.05, 0) is 35.8 Å². The van der Waals surface area contributed by atoms with Gasteiger partial charge in [-0.2, -0.15) is 0 Å². The van der Waals surface area contributed by atoms with Gasteiger partial charge in [0.05, 0.1) is 16.0 Å². The molecule has 94 valence electrons. The highest BCUT2D eigenvalue weighted by atomic mass is 79.9. The number of nitro benzene ring substituents is 1. The SMILES string of the molecule is CC(C)=CCn1c(Br)nc2ccc([N+](=O)[O-])cc21. The minimum atomic E-state index is -0.397. The number of imidazole rings is 1. The van der Waals surface area contributed by atoms with Gasteiger partial charge in [0.15, 0.2) is 4.73 Å². The van der Waals surface area contributed by atoms with Crippen LogP contribution in [0.2, 0.25) is 0 Å². The summed E-state index contributed by atoms with van der Waals surface area (Å²) >= 11 is 3.37. The molecule has 0 saturated carbocycles. The first-order valence-electron chi connectivity index (χ1n) is 5.42. The van der Waals surface area contributed by atoms with Gasteiger partial charge in [0, 0.05) is 18.7 Å². The molecule has 0 aliphatic rings. The number of benzene rings is 1. The lowest BCUT2D eigenvalue weighted by Gasteiger charge is -2.02. The molecule has 0 unspecified atom stereocenters. The van der Waals surface area contributed by atoms with Crippen molar-refractivity contribution >= 4 is 32.7 Å². The van der Waals surface area contributed by atoms with Gasteiger partial charge in [-0.15, -0.1) is 0 Å². The molecule has 18 heavy (non-hydrogen) atoms. The van der Waals surface area contributed by atoms with Crippen LogP contribution in [-0.2, 0) is 6.54 Å². The quantitative estimate of drug-likeness (QED) is 0.493. The molecule has 0 spiro atoms. The maximum atomic E-state index is 10.8. The summed E-state index contributed by atoms with van der Waals surface area (Å²) in [5.41, 5.74) is 2.77. The summed E-state index contributed by atoms with van der Waals surface area (Å²) in [7, 11) is 0. The van der Waals surface area contributed by atoms with Gasteiger partial charge in [-0.1, -0.05) is 11.6 Å². The molecule has 0 amide bonds. The van der Waals surface area contributed by atoms with E-state index in [1.165, 1.54) is 11.6 Å². The third kappa shape index (κ3) is 2.43. The molecular weight excluding hydrogens is 298 g/mol. The average molecular weight is 310 g/mol. The van der Waals surface area contributed by atoms with Gasteiger partial charge < -0.3 is 4.57 Å². The number of hydrogen-bond donors (Lipinski definition) is 0. The van der Waals surface area contributed by atoms with Crippen LogP contribution in [0.4, 0.5) is 5.69 Å². The number of non-ortho nitro benzene ring substituents is 1. The summed E-state index contributed by atoms with van der Waals surface area (Å²) < 4.78 is 2.57. The number of aromatic nitrogens is 2. The molecule has 5 nitrogen and oxygen atoms in total. The van der Waals surface area contributed by atoms with Gasteiger partial charge in [0.25, 0.3) is 5.69 Å². The highest BCUT2D eigenvalue weighted by Crippen LogP contribution is 2.24. The first kappa shape index (κ1) is 12.8. The number of allylic oxidation sites excluding steroid dienone is 2. The van der Waals surface area contributed by atoms with Crippen LogP contribution in [-0.4, -0.2) is 14.5 Å². The molecule has 0 atom stereocenters. The van der Waals surface area contributed by atoms with Crippen molar-refractivity contribution in [2.75, 3.05) is 0 Å². The molecule has 2 aromatic rings. The second-order valence-electron chi connectivity index (χ2n) is 4.20. The second-order valence-corrected chi connectivity index (χ2v) is 4.91. The number of hydrogen-bond acceptors (Lipinski definition) is 3. The summed E-state index contributed by atoms with van der Waals surface area (Å²) in [5, 5.41) is 10.8. The average Bonchev–Trinajstić information content (AvgIpc) is 2.60. The van der Waals surface area contributed by atoms with Crippen LogP contribution >= 0.6 is 15.9 Å². The lowest BCUT2D eigenvalue weighted by atomic mass is 10.2. The maximum absolute atomic E-state index is 10.8. The Hall–Kier alpha value is -1.69. The van der Waals surface area contributed by atoms with Gasteiger partial charge >= 0.3 is 0 Å². The Kier molecular flexibility index (Phi) is 3.47. The van der Waals surface area contributed by atoms with Crippen LogP contribution in [0.1, 0.15) is 13.8 Å². The zero-order valence-electron chi connectivity index (χ0n) is 10.1. The fourth-order valence-electron chi connectivity index (χ4n) is 1.64. The van der Waals surface area contributed by atoms with Crippen molar-refractivity contribution in [2.24, 2.45) is 0 Å². The summed E-state index contributed by atoms with van der Waals surface area (Å²) in [6, 6.07) is 4.68. The third-order valence-corrected chi connectivity index (χ3v) is 3.18. The smallest absolute Gasteiger partial charge is 0.271 e. The molecule has 2 rings (SSSR count). The molecule has 1 aromatic carbocycles. The molecule has 0 radical (unpaired) electrons. The number of halogens is 1. The van der Waals surface area contributed by atoms with E-state index in [1.807, 2.05) is 24.5 Å². The zero-order valence-corrected chi connectivity index (χ0v) is 11.6. The highest BCUT2D eigenvalue weighted by Gasteiger charge is 2.12. The summed E-state index contributed by atoms with van der Waals surface area (Å²) in [5.74, 6) is 0. The standard InChI is InChI=1S/C12H12BrN3O2/c1-8(2)5-6-15-11-7-9(16(17)18)3-4-10(11)14-12(15)13/h3-5,7H,6H2,1-2H3. The lowest BCUT2D eigenvalue weighted by molar-refractivity contribution is -0.384. The number of nitro groups is 1. The Balaban J connectivity index is 2.56. The molecule has 0 saturated heterocycles. The Bertz CT molecular complexity index is 642. The van der Waals surface area contributed by atoms with E-state index in [4.69, 9.17) is 0 Å². The molecule has 0 fully saturated rings. The van der Waals surface area contributed by atoms with Crippen LogP contribution in [0.15, 0.2) is 34.6 Å². The first-order chi connectivity index (χ1) is 8.49. The number of nitrogens with zero attached hydrogens (tertiary/aromatic N) is 3. The fourth-order valence-corrected chi connectivity index (χ4v) is 2.17. The Labute approximate surface area is 112 Å². The van der Waals surface area contributed by atoms with Gasteiger partial charge in [0.1, 0.15) is 0 Å². The highest BCUT2D eigenvalue weighted by molar-refractivity contribution is 9.10. The van der Waals surface area contributed by atoms with Gasteiger partial charge in [0.2, 0.25) is 0 Å². The summed E-state index contributed by atoms with van der Waals surface area (Å²) in [4.78, 5) is 14.7. The summed E-state index contributed by atoms with van der Waals surface area (Å²) in [6.07, 6.45) is 2.05. The monoisotopic (exact) mass is 309 g/mol. The van der Waals surface area contributed by atoms with E-state index in [0.29, 0.717) is 11.3 Å². The first-order valence-corrected chi connectivity index (χ1v) is 6.22. The van der Waals surface area contributed by atoms with Crippen molar-refractivity contribution in [2.45, 2.75) is 20.4 Å². The van der Waals surface area contributed by atoms with E-state index in [-0.39, 0.29) is 5.69 Å². The lowest BCUT2D eigenvalue weighted by Crippen LogP contribution is -1.96. The second kappa shape index (κ2) is 4.89. The van der Waals surface area contributed by atoms with Crippen molar-refractivity contribution < 1.29 is 4.92 Å². The van der Waals surface area contributed by atoms with Crippen LogP contribution in [0.25, 0.3) is 11.0 Å². The van der Waals surface area contributed by atoms with E-state index in [1.54, 1.807) is 12.1 Å². The van der Waals surface area contributed by atoms with Crippen LogP contribution < -0.4 is 0 Å². The molecule has 1 heterocycles. The van der Waals surface area contributed by atoms with Crippen molar-refractivity contribution in [3.8, 4) is 0 Å². The van der Waals surface area contributed by atoms with Crippen molar-refractivity contribution in [1.82, 2.24) is 9.55 Å². The van der Waals surface area contributed by atoms with E-state index >= 15 is 0 Å². The van der Waals surface area contributed by atoms with Gasteiger partial charge in [-0.25, -0.2) is 4.98 Å². The van der Waals surface area contributed by atoms with Crippen LogP contribution in [0, 0.1) is 10.1 Å². The largest absolute Gasteiger partial charge is 0.314 e. The third-order valence-electron chi connectivity index (χ3n) is 2.58. The topological polar surface area (TPSA) is 61.0 Å². The molecule has 0 aliphatic heterocycles. The maximum Gasteiger partial charge on any atom is 0.271 e. The molecule has 0 bridgehead atoms. The predicted octanol–water partition coefficient (Wildman–Crippen LogP) is 3.67. The molecule has 0 N–H and O–H groups in total. The van der Waals surface area contributed by atoms with E-state index in [9.17, 15) is 10.1 Å². The summed E-state index contributed by atoms with van der Waals surface area (Å²) in [6.45, 7) is 4.66. The normalized spacial score (nSPS) is 10.6. The van der Waals surface area contributed by atoms with Crippen LogP contribution in [0.3, 0.4) is 0 Å². The Morgan fingerprint density at radius 1 is 1.56 bits per heavy atom. The molecule has 6 heteroatoms. The molecule has 1 aromatic heterocycles. The predicted molar refractivity (Wildman–Crippen MR) is 73.5 cm³/mol. The van der Waals surface area contributed by atoms with E-state index < -0.39 is 4.92 Å². The Morgan fingerprint density at radius 2 is 2.28 bits per heavy atom. The fraction of sp³-hybridized carbons (Fsp3) is 0.250. The van der Waals surface area contributed by atoms with E-state index in [0.717, 1.165) is 11.0 Å². The Morgan fingerprint density at radius 3 is 2.89 bits per heavy atom. The van der Waals surface area contributed by atoms with Crippen molar-refractivity contribution in [1.29, 1.82) is 0 Å². The van der Waals surface area contributed by atoms with Crippen LogP contribution in [0.5, 0.6) is 0 Å². The number of fused-ring (bicyclic) bond motifs is 1. The number of rotatable bonds is 3. The van der Waals surface area contributed by atoms with Crippen molar-refractivity contribution in [3.05, 3.63) is 44.7 Å². The minimum Gasteiger partial charge on any atom is -0.314 e. The molecular formula is C12H12BrN3O2.